The molecule has 1 aromatic carbocycles. The molecular formula is C9H8F2O. The molecular weight excluding hydrogens is 162 g/mol. The second-order valence-electron chi connectivity index (χ2n) is 3.01. The first-order valence-corrected chi connectivity index (χ1v) is 3.84. The molecule has 1 nitrogen and oxygen atoms in total. The summed E-state index contributed by atoms with van der Waals surface area (Å²) in [6.07, 6.45) is 0.309. The maximum absolute atomic E-state index is 13.0. The third kappa shape index (κ3) is 1.01. The quantitative estimate of drug-likeness (QED) is 0.630. The largest absolute Gasteiger partial charge is 0.388 e. The molecule has 0 aromatic heterocycles. The van der Waals surface area contributed by atoms with Gasteiger partial charge in [0.05, 0.1) is 6.10 Å². The van der Waals surface area contributed by atoms with Gasteiger partial charge in [-0.25, -0.2) is 8.78 Å². The highest BCUT2D eigenvalue weighted by atomic mass is 19.1. The van der Waals surface area contributed by atoms with E-state index in [0.29, 0.717) is 24.0 Å². The van der Waals surface area contributed by atoms with Gasteiger partial charge in [0.25, 0.3) is 0 Å². The van der Waals surface area contributed by atoms with Crippen LogP contribution in [0.5, 0.6) is 0 Å². The number of fused-ring (bicyclic) bond motifs is 1. The molecule has 0 radical (unpaired) electrons. The van der Waals surface area contributed by atoms with E-state index < -0.39 is 17.7 Å². The molecule has 0 amide bonds. The summed E-state index contributed by atoms with van der Waals surface area (Å²) >= 11 is 0. The van der Waals surface area contributed by atoms with Crippen LogP contribution in [0.2, 0.25) is 0 Å². The van der Waals surface area contributed by atoms with Crippen LogP contribution in [-0.4, -0.2) is 5.11 Å². The van der Waals surface area contributed by atoms with Gasteiger partial charge in [-0.15, -0.1) is 0 Å². The van der Waals surface area contributed by atoms with Crippen LogP contribution in [0.4, 0.5) is 8.78 Å². The lowest BCUT2D eigenvalue weighted by Gasteiger charge is -2.03. The van der Waals surface area contributed by atoms with Crippen molar-refractivity contribution in [2.75, 3.05) is 0 Å². The second-order valence-corrected chi connectivity index (χ2v) is 3.01. The molecule has 0 saturated heterocycles. The predicted molar refractivity (Wildman–Crippen MR) is 39.6 cm³/mol. The molecule has 0 fully saturated rings. The lowest BCUT2D eigenvalue weighted by atomic mass is 10.1. The standard InChI is InChI=1S/C9H8F2O/c10-5-3-7-6(8(11)4-5)1-2-9(7)12/h3-4,9,12H,1-2H2. The Balaban J connectivity index is 2.60. The van der Waals surface area contributed by atoms with E-state index in [-0.39, 0.29) is 0 Å². The molecule has 1 N–H and O–H groups in total. The van der Waals surface area contributed by atoms with E-state index in [4.69, 9.17) is 0 Å². The lowest BCUT2D eigenvalue weighted by Crippen LogP contribution is -1.94. The van der Waals surface area contributed by atoms with Gasteiger partial charge < -0.3 is 5.11 Å². The van der Waals surface area contributed by atoms with Crippen molar-refractivity contribution < 1.29 is 13.9 Å². The van der Waals surface area contributed by atoms with Gasteiger partial charge in [-0.3, -0.25) is 0 Å². The van der Waals surface area contributed by atoms with Crippen LogP contribution >= 0.6 is 0 Å². The molecule has 0 spiro atoms. The van der Waals surface area contributed by atoms with Crippen LogP contribution in [0.1, 0.15) is 23.7 Å². The molecule has 1 aromatic rings. The van der Waals surface area contributed by atoms with Crippen molar-refractivity contribution >= 4 is 0 Å². The zero-order valence-electron chi connectivity index (χ0n) is 6.35. The molecule has 1 aliphatic rings. The summed E-state index contributed by atoms with van der Waals surface area (Å²) < 4.78 is 25.6. The minimum Gasteiger partial charge on any atom is -0.388 e. The number of benzene rings is 1. The van der Waals surface area contributed by atoms with Gasteiger partial charge in [-0.2, -0.15) is 0 Å². The number of rotatable bonds is 0. The first kappa shape index (κ1) is 7.68. The van der Waals surface area contributed by atoms with Crippen molar-refractivity contribution in [1.82, 2.24) is 0 Å². The normalized spacial score (nSPS) is 21.1. The SMILES string of the molecule is OC1CCc2c(F)cc(F)cc21. The van der Waals surface area contributed by atoms with Crippen molar-refractivity contribution in [2.24, 2.45) is 0 Å². The number of hydrogen-bond acceptors (Lipinski definition) is 1. The van der Waals surface area contributed by atoms with Gasteiger partial charge in [0.2, 0.25) is 0 Å². The Morgan fingerprint density at radius 1 is 1.33 bits per heavy atom. The average Bonchev–Trinajstić information content (AvgIpc) is 2.33. The maximum Gasteiger partial charge on any atom is 0.129 e. The van der Waals surface area contributed by atoms with E-state index in [1.807, 2.05) is 0 Å². The minimum absolute atomic E-state index is 0.410. The molecule has 2 rings (SSSR count). The average molecular weight is 170 g/mol. The number of halogens is 2. The number of aliphatic hydroxyl groups excluding tert-OH is 1. The predicted octanol–water partition coefficient (Wildman–Crippen LogP) is 1.94. The summed E-state index contributed by atoms with van der Waals surface area (Å²) in [5.41, 5.74) is 0.872. The van der Waals surface area contributed by atoms with Crippen LogP contribution in [0, 0.1) is 11.6 Å². The highest BCUT2D eigenvalue weighted by molar-refractivity contribution is 5.35. The van der Waals surface area contributed by atoms with Crippen molar-refractivity contribution in [2.45, 2.75) is 18.9 Å². The molecule has 0 saturated carbocycles. The number of aliphatic hydroxyl groups is 1. The van der Waals surface area contributed by atoms with E-state index in [1.165, 1.54) is 6.07 Å². The van der Waals surface area contributed by atoms with Crippen LogP contribution in [0.25, 0.3) is 0 Å². The second kappa shape index (κ2) is 2.52. The first-order valence-electron chi connectivity index (χ1n) is 3.84. The maximum atomic E-state index is 13.0. The Bertz CT molecular complexity index is 323. The highest BCUT2D eigenvalue weighted by Crippen LogP contribution is 2.32. The molecule has 64 valence electrons. The van der Waals surface area contributed by atoms with Gasteiger partial charge in [-0.1, -0.05) is 0 Å². The molecule has 1 aliphatic carbocycles. The smallest absolute Gasteiger partial charge is 0.129 e. The summed E-state index contributed by atoms with van der Waals surface area (Å²) in [7, 11) is 0. The van der Waals surface area contributed by atoms with Crippen molar-refractivity contribution in [3.8, 4) is 0 Å². The number of hydrogen-bond donors (Lipinski definition) is 1. The molecule has 3 heteroatoms. The zero-order valence-corrected chi connectivity index (χ0v) is 6.35. The van der Waals surface area contributed by atoms with Crippen molar-refractivity contribution in [1.29, 1.82) is 0 Å². The minimum atomic E-state index is -0.690. The molecule has 0 aliphatic heterocycles. The third-order valence-electron chi connectivity index (χ3n) is 2.22. The fourth-order valence-corrected chi connectivity index (χ4v) is 1.62. The van der Waals surface area contributed by atoms with E-state index in [9.17, 15) is 13.9 Å². The summed E-state index contributed by atoms with van der Waals surface area (Å²) in [6, 6.07) is 2.06. The first-order chi connectivity index (χ1) is 5.68. The highest BCUT2D eigenvalue weighted by Gasteiger charge is 2.23. The Kier molecular flexibility index (Phi) is 1.61. The molecule has 12 heavy (non-hydrogen) atoms. The Morgan fingerprint density at radius 3 is 2.83 bits per heavy atom. The third-order valence-corrected chi connectivity index (χ3v) is 2.22. The Morgan fingerprint density at radius 2 is 2.08 bits per heavy atom. The van der Waals surface area contributed by atoms with E-state index >= 15 is 0 Å². The van der Waals surface area contributed by atoms with E-state index in [0.717, 1.165) is 6.07 Å². The van der Waals surface area contributed by atoms with E-state index in [2.05, 4.69) is 0 Å². The van der Waals surface area contributed by atoms with Crippen molar-refractivity contribution in [3.05, 3.63) is 34.9 Å². The summed E-state index contributed by atoms with van der Waals surface area (Å²) in [6.45, 7) is 0. The summed E-state index contributed by atoms with van der Waals surface area (Å²) in [4.78, 5) is 0. The van der Waals surface area contributed by atoms with Crippen molar-refractivity contribution in [3.63, 3.8) is 0 Å². The van der Waals surface area contributed by atoms with Gasteiger partial charge in [0.15, 0.2) is 0 Å². The lowest BCUT2D eigenvalue weighted by molar-refractivity contribution is 0.179. The fourth-order valence-electron chi connectivity index (χ4n) is 1.62. The fraction of sp³-hybridized carbons (Fsp3) is 0.333. The van der Waals surface area contributed by atoms with Crippen LogP contribution in [-0.2, 0) is 6.42 Å². The molecule has 0 bridgehead atoms. The van der Waals surface area contributed by atoms with Gasteiger partial charge >= 0.3 is 0 Å². The van der Waals surface area contributed by atoms with Crippen LogP contribution in [0.15, 0.2) is 12.1 Å². The molecule has 0 heterocycles. The summed E-state index contributed by atoms with van der Waals surface area (Å²) in [5.74, 6) is -1.16. The Hall–Kier alpha value is -0.960. The monoisotopic (exact) mass is 170 g/mol. The van der Waals surface area contributed by atoms with Gasteiger partial charge in [0, 0.05) is 6.07 Å². The van der Waals surface area contributed by atoms with E-state index in [1.54, 1.807) is 0 Å². The zero-order chi connectivity index (χ0) is 8.72. The van der Waals surface area contributed by atoms with Gasteiger partial charge in [-0.05, 0) is 30.0 Å². The Labute approximate surface area is 68.6 Å². The molecule has 1 atom stereocenters. The topological polar surface area (TPSA) is 20.2 Å². The van der Waals surface area contributed by atoms with Crippen LogP contribution in [0.3, 0.4) is 0 Å². The summed E-state index contributed by atoms with van der Waals surface area (Å²) in [5, 5.41) is 9.30. The molecule has 1 unspecified atom stereocenters. The van der Waals surface area contributed by atoms with Gasteiger partial charge in [0.1, 0.15) is 11.6 Å². The van der Waals surface area contributed by atoms with Crippen LogP contribution < -0.4 is 0 Å².